The molecule has 1 aliphatic carbocycles. The second-order valence-corrected chi connectivity index (χ2v) is 6.07. The van der Waals surface area contributed by atoms with E-state index < -0.39 is 5.60 Å². The molecule has 0 aliphatic heterocycles. The van der Waals surface area contributed by atoms with E-state index in [0.29, 0.717) is 6.54 Å². The number of nitrogens with one attached hydrogen (secondary N) is 1. The van der Waals surface area contributed by atoms with E-state index in [4.69, 9.17) is 10.5 Å². The average molecular weight is 262 g/mol. The molecule has 19 heavy (non-hydrogen) atoms. The molecule has 0 bridgehead atoms. The number of hydrogen-bond acceptors (Lipinski definition) is 3. The lowest BCUT2D eigenvalue weighted by molar-refractivity contribution is 0.0495. The molecule has 1 aromatic rings. The topological polar surface area (TPSA) is 64.3 Å². The minimum atomic E-state index is -0.479. The summed E-state index contributed by atoms with van der Waals surface area (Å²) in [7, 11) is 0. The van der Waals surface area contributed by atoms with Gasteiger partial charge in [0.1, 0.15) is 5.60 Å². The number of carbonyl (C=O) groups is 1. The van der Waals surface area contributed by atoms with Crippen molar-refractivity contribution in [2.75, 3.05) is 0 Å². The Labute approximate surface area is 114 Å². The number of hydrogen-bond donors (Lipinski definition) is 2. The van der Waals surface area contributed by atoms with Gasteiger partial charge in [-0.3, -0.25) is 0 Å². The van der Waals surface area contributed by atoms with Gasteiger partial charge >= 0.3 is 6.09 Å². The summed E-state index contributed by atoms with van der Waals surface area (Å²) >= 11 is 0. The van der Waals surface area contributed by atoms with Gasteiger partial charge in [-0.1, -0.05) is 24.3 Å². The average Bonchev–Trinajstić information content (AvgIpc) is 3.07. The molecule has 0 atom stereocenters. The monoisotopic (exact) mass is 262 g/mol. The smallest absolute Gasteiger partial charge is 0.408 e. The fourth-order valence-electron chi connectivity index (χ4n) is 2.25. The molecule has 4 heteroatoms. The summed E-state index contributed by atoms with van der Waals surface area (Å²) < 4.78 is 5.33. The molecule has 1 aliphatic rings. The molecule has 1 fully saturated rings. The van der Waals surface area contributed by atoms with Crippen LogP contribution in [0, 0.1) is 0 Å². The maximum atomic E-state index is 11.9. The summed E-state index contributed by atoms with van der Waals surface area (Å²) in [6.45, 7) is 6.06. The van der Waals surface area contributed by atoms with Crippen LogP contribution in [0.5, 0.6) is 0 Å². The van der Waals surface area contributed by atoms with E-state index in [2.05, 4.69) is 5.32 Å². The van der Waals surface area contributed by atoms with Crippen LogP contribution in [-0.2, 0) is 16.8 Å². The second kappa shape index (κ2) is 4.85. The highest BCUT2D eigenvalue weighted by Gasteiger charge is 2.47. The Hall–Kier alpha value is -1.55. The summed E-state index contributed by atoms with van der Waals surface area (Å²) in [5.41, 5.74) is 7.20. The Balaban J connectivity index is 2.13. The van der Waals surface area contributed by atoms with Gasteiger partial charge in [-0.15, -0.1) is 0 Å². The van der Waals surface area contributed by atoms with Crippen LogP contribution >= 0.6 is 0 Å². The van der Waals surface area contributed by atoms with Gasteiger partial charge in [0.2, 0.25) is 0 Å². The fourth-order valence-corrected chi connectivity index (χ4v) is 2.25. The first-order chi connectivity index (χ1) is 8.86. The lowest BCUT2D eigenvalue weighted by Gasteiger charge is -2.24. The predicted molar refractivity (Wildman–Crippen MR) is 74.6 cm³/mol. The van der Waals surface area contributed by atoms with Crippen LogP contribution < -0.4 is 11.1 Å². The van der Waals surface area contributed by atoms with Gasteiger partial charge in [-0.2, -0.15) is 0 Å². The van der Waals surface area contributed by atoms with Crippen LogP contribution in [0.15, 0.2) is 24.3 Å². The van der Waals surface area contributed by atoms with Gasteiger partial charge in [0.05, 0.1) is 5.54 Å². The molecule has 1 aromatic carbocycles. The molecule has 0 aromatic heterocycles. The number of ether oxygens (including phenoxy) is 1. The van der Waals surface area contributed by atoms with E-state index in [1.807, 2.05) is 45.0 Å². The molecule has 1 saturated carbocycles. The lowest BCUT2D eigenvalue weighted by atomic mass is 9.98. The van der Waals surface area contributed by atoms with Crippen molar-refractivity contribution in [2.24, 2.45) is 5.73 Å². The number of nitrogens with two attached hydrogens (primary N) is 1. The summed E-state index contributed by atoms with van der Waals surface area (Å²) in [5.74, 6) is 0. The highest BCUT2D eigenvalue weighted by molar-refractivity contribution is 5.70. The zero-order chi connectivity index (χ0) is 14.1. The Morgan fingerprint density at radius 1 is 1.37 bits per heavy atom. The van der Waals surface area contributed by atoms with Gasteiger partial charge in [-0.25, -0.2) is 4.79 Å². The van der Waals surface area contributed by atoms with Gasteiger partial charge in [-0.05, 0) is 44.7 Å². The zero-order valence-corrected chi connectivity index (χ0v) is 11.8. The Kier molecular flexibility index (Phi) is 3.54. The molecule has 4 nitrogen and oxygen atoms in total. The molecule has 0 heterocycles. The van der Waals surface area contributed by atoms with E-state index in [1.165, 1.54) is 0 Å². The van der Waals surface area contributed by atoms with Crippen LogP contribution in [0.1, 0.15) is 44.7 Å². The first kappa shape index (κ1) is 13.9. The highest BCUT2D eigenvalue weighted by atomic mass is 16.6. The SMILES string of the molecule is CC(C)(C)OC(=O)NC1(c2ccccc2CN)CC1. The van der Waals surface area contributed by atoms with Crippen LogP contribution in [-0.4, -0.2) is 11.7 Å². The predicted octanol–water partition coefficient (Wildman–Crippen LogP) is 2.66. The first-order valence-corrected chi connectivity index (χ1v) is 6.66. The summed E-state index contributed by atoms with van der Waals surface area (Å²) in [4.78, 5) is 11.9. The molecule has 104 valence electrons. The van der Waals surface area contributed by atoms with Crippen molar-refractivity contribution in [1.29, 1.82) is 0 Å². The molecule has 1 amide bonds. The van der Waals surface area contributed by atoms with Crippen molar-refractivity contribution < 1.29 is 9.53 Å². The second-order valence-electron chi connectivity index (χ2n) is 6.07. The van der Waals surface area contributed by atoms with Crippen molar-refractivity contribution in [2.45, 2.75) is 51.3 Å². The van der Waals surface area contributed by atoms with E-state index in [0.717, 1.165) is 24.0 Å². The third-order valence-electron chi connectivity index (χ3n) is 3.24. The van der Waals surface area contributed by atoms with Gasteiger partial charge < -0.3 is 15.8 Å². The molecule has 3 N–H and O–H groups in total. The lowest BCUT2D eigenvalue weighted by Crippen LogP contribution is -2.39. The van der Waals surface area contributed by atoms with Crippen LogP contribution in [0.3, 0.4) is 0 Å². The summed E-state index contributed by atoms with van der Waals surface area (Å²) in [5, 5.41) is 3.00. The van der Waals surface area contributed by atoms with E-state index in [1.54, 1.807) is 0 Å². The Morgan fingerprint density at radius 2 is 2.00 bits per heavy atom. The zero-order valence-electron chi connectivity index (χ0n) is 11.8. The van der Waals surface area contributed by atoms with Crippen molar-refractivity contribution in [3.05, 3.63) is 35.4 Å². The number of rotatable bonds is 3. The number of carbonyl (C=O) groups excluding carboxylic acids is 1. The van der Waals surface area contributed by atoms with E-state index in [-0.39, 0.29) is 11.6 Å². The van der Waals surface area contributed by atoms with Crippen LogP contribution in [0.4, 0.5) is 4.79 Å². The standard InChI is InChI=1S/C15H22N2O2/c1-14(2,3)19-13(18)17-15(8-9-15)12-7-5-4-6-11(12)10-16/h4-7H,8-10,16H2,1-3H3,(H,17,18). The maximum absolute atomic E-state index is 11.9. The largest absolute Gasteiger partial charge is 0.444 e. The third kappa shape index (κ3) is 3.26. The molecule has 0 radical (unpaired) electrons. The Morgan fingerprint density at radius 3 is 2.53 bits per heavy atom. The van der Waals surface area contributed by atoms with Crippen molar-refractivity contribution in [1.82, 2.24) is 5.32 Å². The van der Waals surface area contributed by atoms with Gasteiger partial charge in [0.25, 0.3) is 0 Å². The fraction of sp³-hybridized carbons (Fsp3) is 0.533. The highest BCUT2D eigenvalue weighted by Crippen LogP contribution is 2.46. The molecule has 0 saturated heterocycles. The van der Waals surface area contributed by atoms with Crippen molar-refractivity contribution in [3.8, 4) is 0 Å². The molecular formula is C15H22N2O2. The van der Waals surface area contributed by atoms with E-state index in [9.17, 15) is 4.79 Å². The molecule has 0 spiro atoms. The van der Waals surface area contributed by atoms with Crippen LogP contribution in [0.2, 0.25) is 0 Å². The quantitative estimate of drug-likeness (QED) is 0.880. The first-order valence-electron chi connectivity index (χ1n) is 6.66. The summed E-state index contributed by atoms with van der Waals surface area (Å²) in [6, 6.07) is 7.99. The van der Waals surface area contributed by atoms with Crippen molar-refractivity contribution in [3.63, 3.8) is 0 Å². The van der Waals surface area contributed by atoms with E-state index >= 15 is 0 Å². The third-order valence-corrected chi connectivity index (χ3v) is 3.24. The normalized spacial score (nSPS) is 16.8. The number of alkyl carbamates (subject to hydrolysis) is 1. The van der Waals surface area contributed by atoms with Gasteiger partial charge in [0.15, 0.2) is 0 Å². The van der Waals surface area contributed by atoms with Crippen molar-refractivity contribution >= 4 is 6.09 Å². The number of amides is 1. The molecule has 0 unspecified atom stereocenters. The minimum absolute atomic E-state index is 0.279. The van der Waals surface area contributed by atoms with Gasteiger partial charge in [0, 0.05) is 6.54 Å². The molecular weight excluding hydrogens is 240 g/mol. The molecule has 2 rings (SSSR count). The minimum Gasteiger partial charge on any atom is -0.444 e. The summed E-state index contributed by atoms with van der Waals surface area (Å²) in [6.07, 6.45) is 1.50. The maximum Gasteiger partial charge on any atom is 0.408 e. The number of benzene rings is 1. The Bertz CT molecular complexity index is 473. The van der Waals surface area contributed by atoms with Crippen LogP contribution in [0.25, 0.3) is 0 Å².